The van der Waals surface area contributed by atoms with Crippen molar-refractivity contribution in [2.24, 2.45) is 0 Å². The van der Waals surface area contributed by atoms with E-state index in [9.17, 15) is 0 Å². The van der Waals surface area contributed by atoms with E-state index in [4.69, 9.17) is 4.74 Å². The van der Waals surface area contributed by atoms with Crippen LogP contribution in [-0.4, -0.2) is 13.7 Å². The van der Waals surface area contributed by atoms with Gasteiger partial charge in [-0.25, -0.2) is 0 Å². The molecule has 0 fully saturated rings. The van der Waals surface area contributed by atoms with Crippen LogP contribution < -0.4 is 10.1 Å². The summed E-state index contributed by atoms with van der Waals surface area (Å²) >= 11 is 0. The maximum Gasteiger partial charge on any atom is 0.126 e. The van der Waals surface area contributed by atoms with Gasteiger partial charge in [0.15, 0.2) is 0 Å². The molecule has 106 valence electrons. The molecule has 2 heteroatoms. The van der Waals surface area contributed by atoms with E-state index in [1.807, 2.05) is 13.1 Å². The van der Waals surface area contributed by atoms with Gasteiger partial charge in [-0.15, -0.1) is 0 Å². The lowest BCUT2D eigenvalue weighted by Gasteiger charge is -2.17. The number of ether oxygens (including phenoxy) is 1. The minimum Gasteiger partial charge on any atom is -0.489 e. The van der Waals surface area contributed by atoms with Crippen molar-refractivity contribution >= 4 is 0 Å². The highest BCUT2D eigenvalue weighted by Gasteiger charge is 2.11. The van der Waals surface area contributed by atoms with Crippen molar-refractivity contribution in [2.75, 3.05) is 13.7 Å². The van der Waals surface area contributed by atoms with Crippen molar-refractivity contribution in [3.63, 3.8) is 0 Å². The molecule has 0 aliphatic rings. The van der Waals surface area contributed by atoms with Crippen LogP contribution in [0.3, 0.4) is 0 Å². The van der Waals surface area contributed by atoms with Crippen LogP contribution in [0.15, 0.2) is 24.8 Å². The summed E-state index contributed by atoms with van der Waals surface area (Å²) in [6.07, 6.45) is 6.23. The fourth-order valence-corrected chi connectivity index (χ4v) is 2.37. The van der Waals surface area contributed by atoms with Crippen molar-refractivity contribution < 1.29 is 4.74 Å². The predicted molar refractivity (Wildman–Crippen MR) is 82.9 cm³/mol. The van der Waals surface area contributed by atoms with E-state index in [0.29, 0.717) is 6.61 Å². The molecule has 1 aromatic carbocycles. The Balaban J connectivity index is 3.15. The van der Waals surface area contributed by atoms with Crippen molar-refractivity contribution in [1.29, 1.82) is 0 Å². The summed E-state index contributed by atoms with van der Waals surface area (Å²) in [5.74, 6) is 1.09. The van der Waals surface area contributed by atoms with Crippen LogP contribution in [-0.2, 0) is 19.4 Å². The van der Waals surface area contributed by atoms with E-state index < -0.39 is 0 Å². The van der Waals surface area contributed by atoms with Crippen molar-refractivity contribution in [3.8, 4) is 5.75 Å². The second-order valence-corrected chi connectivity index (χ2v) is 4.87. The maximum atomic E-state index is 5.92. The number of rotatable bonds is 9. The molecule has 1 N–H and O–H groups in total. The van der Waals surface area contributed by atoms with Gasteiger partial charge in [0.25, 0.3) is 0 Å². The zero-order valence-corrected chi connectivity index (χ0v) is 12.6. The summed E-state index contributed by atoms with van der Waals surface area (Å²) in [4.78, 5) is 0. The highest BCUT2D eigenvalue weighted by atomic mass is 16.5. The topological polar surface area (TPSA) is 21.3 Å². The molecule has 0 amide bonds. The number of hydrogen-bond donors (Lipinski definition) is 1. The molecule has 0 atom stereocenters. The second-order valence-electron chi connectivity index (χ2n) is 4.87. The van der Waals surface area contributed by atoms with Gasteiger partial charge in [-0.05, 0) is 36.6 Å². The number of aryl methyl sites for hydroxylation is 2. The first-order valence-electron chi connectivity index (χ1n) is 7.29. The van der Waals surface area contributed by atoms with E-state index in [2.05, 4.69) is 37.9 Å². The minimum atomic E-state index is 0.582. The van der Waals surface area contributed by atoms with Gasteiger partial charge in [-0.2, -0.15) is 0 Å². The Labute approximate surface area is 117 Å². The van der Waals surface area contributed by atoms with Gasteiger partial charge in [0.2, 0.25) is 0 Å². The third-order valence-electron chi connectivity index (χ3n) is 3.07. The largest absolute Gasteiger partial charge is 0.489 e. The van der Waals surface area contributed by atoms with Gasteiger partial charge >= 0.3 is 0 Å². The normalized spacial score (nSPS) is 10.5. The molecular weight excluding hydrogens is 234 g/mol. The average Bonchev–Trinajstić information content (AvgIpc) is 2.39. The molecule has 0 saturated heterocycles. The summed E-state index contributed by atoms with van der Waals surface area (Å²) < 4.78 is 5.92. The molecule has 0 spiro atoms. The van der Waals surface area contributed by atoms with Crippen LogP contribution in [0.1, 0.15) is 43.4 Å². The molecule has 1 aromatic rings. The number of benzene rings is 1. The summed E-state index contributed by atoms with van der Waals surface area (Å²) in [6.45, 7) is 9.65. The maximum absolute atomic E-state index is 5.92. The monoisotopic (exact) mass is 261 g/mol. The number of hydrogen-bond acceptors (Lipinski definition) is 2. The SMILES string of the molecule is C=CCOc1c(CCC)cc(CNC)cc1CCC. The van der Waals surface area contributed by atoms with Crippen LogP contribution in [0.4, 0.5) is 0 Å². The fraction of sp³-hybridized carbons (Fsp3) is 0.529. The average molecular weight is 261 g/mol. The summed E-state index contributed by atoms with van der Waals surface area (Å²) in [5.41, 5.74) is 4.02. The lowest BCUT2D eigenvalue weighted by atomic mass is 9.98. The van der Waals surface area contributed by atoms with Gasteiger partial charge in [0.05, 0.1) is 0 Å². The number of nitrogens with one attached hydrogen (secondary N) is 1. The minimum absolute atomic E-state index is 0.582. The molecule has 0 unspecified atom stereocenters. The van der Waals surface area contributed by atoms with Crippen LogP contribution in [0.5, 0.6) is 5.75 Å². The van der Waals surface area contributed by atoms with Crippen LogP contribution >= 0.6 is 0 Å². The van der Waals surface area contributed by atoms with Crippen molar-refractivity contribution in [3.05, 3.63) is 41.5 Å². The molecule has 0 radical (unpaired) electrons. The predicted octanol–water partition coefficient (Wildman–Crippen LogP) is 3.88. The van der Waals surface area contributed by atoms with Gasteiger partial charge in [-0.3, -0.25) is 0 Å². The Hall–Kier alpha value is -1.28. The Morgan fingerprint density at radius 2 is 1.74 bits per heavy atom. The molecule has 0 aromatic heterocycles. The van der Waals surface area contributed by atoms with Crippen LogP contribution in [0.2, 0.25) is 0 Å². The van der Waals surface area contributed by atoms with Gasteiger partial charge in [0.1, 0.15) is 12.4 Å². The first-order valence-corrected chi connectivity index (χ1v) is 7.29. The van der Waals surface area contributed by atoms with Crippen molar-refractivity contribution in [2.45, 2.75) is 46.1 Å². The first-order chi connectivity index (χ1) is 9.26. The molecule has 2 nitrogen and oxygen atoms in total. The van der Waals surface area contributed by atoms with Gasteiger partial charge in [-0.1, -0.05) is 51.5 Å². The highest BCUT2D eigenvalue weighted by Crippen LogP contribution is 2.29. The molecule has 0 heterocycles. The van der Waals surface area contributed by atoms with Gasteiger partial charge < -0.3 is 10.1 Å². The van der Waals surface area contributed by atoms with E-state index in [1.54, 1.807) is 0 Å². The summed E-state index contributed by atoms with van der Waals surface area (Å²) in [5, 5.41) is 3.23. The highest BCUT2D eigenvalue weighted by molar-refractivity contribution is 5.45. The zero-order valence-electron chi connectivity index (χ0n) is 12.6. The lowest BCUT2D eigenvalue weighted by Crippen LogP contribution is -2.08. The molecule has 1 rings (SSSR count). The van der Waals surface area contributed by atoms with E-state index in [0.717, 1.165) is 38.0 Å². The molecule has 0 saturated carbocycles. The fourth-order valence-electron chi connectivity index (χ4n) is 2.37. The summed E-state index contributed by atoms with van der Waals surface area (Å²) in [7, 11) is 1.99. The Morgan fingerprint density at radius 3 is 2.16 bits per heavy atom. The molecular formula is C17H27NO. The lowest BCUT2D eigenvalue weighted by molar-refractivity contribution is 0.354. The van der Waals surface area contributed by atoms with E-state index in [1.165, 1.54) is 16.7 Å². The quantitative estimate of drug-likeness (QED) is 0.681. The van der Waals surface area contributed by atoms with E-state index >= 15 is 0 Å². The second kappa shape index (κ2) is 8.76. The molecule has 0 bridgehead atoms. The van der Waals surface area contributed by atoms with Crippen LogP contribution in [0, 0.1) is 0 Å². The third kappa shape index (κ3) is 4.71. The third-order valence-corrected chi connectivity index (χ3v) is 3.07. The summed E-state index contributed by atoms with van der Waals surface area (Å²) in [6, 6.07) is 4.55. The standard InChI is InChI=1S/C17H27NO/c1-5-8-15-11-14(13-18-4)12-16(9-6-2)17(15)19-10-7-3/h7,11-12,18H,3,5-6,8-10,13H2,1-2,4H3. The molecule has 0 aliphatic carbocycles. The van der Waals surface area contributed by atoms with Crippen LogP contribution in [0.25, 0.3) is 0 Å². The molecule has 0 aliphatic heterocycles. The van der Waals surface area contributed by atoms with E-state index in [-0.39, 0.29) is 0 Å². The smallest absolute Gasteiger partial charge is 0.126 e. The Bertz CT molecular complexity index is 371. The van der Waals surface area contributed by atoms with Gasteiger partial charge in [0, 0.05) is 6.54 Å². The van der Waals surface area contributed by atoms with Crippen molar-refractivity contribution in [1.82, 2.24) is 5.32 Å². The Kier molecular flexibility index (Phi) is 7.27. The Morgan fingerprint density at radius 1 is 1.16 bits per heavy atom. The molecule has 19 heavy (non-hydrogen) atoms. The zero-order chi connectivity index (χ0) is 14.1. The first kappa shape index (κ1) is 15.8.